The van der Waals surface area contributed by atoms with Crippen molar-refractivity contribution in [2.24, 2.45) is 5.92 Å². The van der Waals surface area contributed by atoms with Crippen LogP contribution >= 0.6 is 11.3 Å². The molecule has 19 heavy (non-hydrogen) atoms. The fraction of sp³-hybridized carbons (Fsp3) is 0.462. The van der Waals surface area contributed by atoms with Crippen molar-refractivity contribution in [3.63, 3.8) is 0 Å². The monoisotopic (exact) mass is 298 g/mol. The van der Waals surface area contributed by atoms with Gasteiger partial charge in [0.1, 0.15) is 0 Å². The smallest absolute Gasteiger partial charge is 0.183 e. The standard InChI is InChI=1S/C13H18N2O2S2/c1-4-14-13-15-11-6-5-10(7-12(11)18-13)19(16,17)8-9(2)3/h5-7,9H,4,8H2,1-3H3,(H,14,15). The fourth-order valence-corrected chi connectivity index (χ4v) is 4.55. The molecule has 0 radical (unpaired) electrons. The number of anilines is 1. The van der Waals surface area contributed by atoms with Gasteiger partial charge in [-0.2, -0.15) is 0 Å². The number of hydrogen-bond acceptors (Lipinski definition) is 5. The van der Waals surface area contributed by atoms with Crippen LogP contribution in [-0.4, -0.2) is 25.7 Å². The second-order valence-electron chi connectivity index (χ2n) is 4.85. The third kappa shape index (κ3) is 3.25. The summed E-state index contributed by atoms with van der Waals surface area (Å²) in [4.78, 5) is 4.79. The summed E-state index contributed by atoms with van der Waals surface area (Å²) < 4.78 is 25.3. The average molecular weight is 298 g/mol. The Hall–Kier alpha value is -1.14. The predicted octanol–water partition coefficient (Wildman–Crippen LogP) is 3.16. The summed E-state index contributed by atoms with van der Waals surface area (Å²) in [5, 5.41) is 3.97. The van der Waals surface area contributed by atoms with Crippen molar-refractivity contribution in [1.82, 2.24) is 4.98 Å². The summed E-state index contributed by atoms with van der Waals surface area (Å²) in [6.07, 6.45) is 0. The maximum atomic E-state index is 12.2. The molecule has 0 saturated carbocycles. The molecular formula is C13H18N2O2S2. The summed E-state index contributed by atoms with van der Waals surface area (Å²) in [5.74, 6) is 0.302. The largest absolute Gasteiger partial charge is 0.362 e. The van der Waals surface area contributed by atoms with E-state index in [0.717, 1.165) is 21.9 Å². The van der Waals surface area contributed by atoms with E-state index in [4.69, 9.17) is 0 Å². The van der Waals surface area contributed by atoms with E-state index in [1.807, 2.05) is 20.8 Å². The molecule has 6 heteroatoms. The highest BCUT2D eigenvalue weighted by atomic mass is 32.2. The molecule has 0 aliphatic heterocycles. The zero-order valence-corrected chi connectivity index (χ0v) is 12.9. The zero-order valence-electron chi connectivity index (χ0n) is 11.3. The lowest BCUT2D eigenvalue weighted by Crippen LogP contribution is -2.11. The number of rotatable bonds is 5. The molecule has 0 fully saturated rings. The molecule has 1 aromatic carbocycles. The van der Waals surface area contributed by atoms with E-state index in [1.54, 1.807) is 18.2 Å². The van der Waals surface area contributed by atoms with Crippen LogP contribution in [0, 0.1) is 5.92 Å². The van der Waals surface area contributed by atoms with E-state index >= 15 is 0 Å². The van der Waals surface area contributed by atoms with E-state index in [2.05, 4.69) is 10.3 Å². The summed E-state index contributed by atoms with van der Waals surface area (Å²) in [6.45, 7) is 6.63. The van der Waals surface area contributed by atoms with Crippen molar-refractivity contribution in [2.45, 2.75) is 25.7 Å². The number of nitrogens with zero attached hydrogens (tertiary/aromatic N) is 1. The van der Waals surface area contributed by atoms with Gasteiger partial charge in [-0.1, -0.05) is 25.2 Å². The van der Waals surface area contributed by atoms with Gasteiger partial charge < -0.3 is 5.32 Å². The number of hydrogen-bond donors (Lipinski definition) is 1. The molecule has 0 bridgehead atoms. The minimum Gasteiger partial charge on any atom is -0.362 e. The number of benzene rings is 1. The Labute approximate surface area is 117 Å². The molecule has 2 aromatic rings. The lowest BCUT2D eigenvalue weighted by molar-refractivity contribution is 0.582. The minimum atomic E-state index is -3.20. The van der Waals surface area contributed by atoms with Crippen molar-refractivity contribution in [3.8, 4) is 0 Å². The van der Waals surface area contributed by atoms with Crippen LogP contribution in [0.15, 0.2) is 23.1 Å². The van der Waals surface area contributed by atoms with E-state index < -0.39 is 9.84 Å². The summed E-state index contributed by atoms with van der Waals surface area (Å²) in [7, 11) is -3.20. The number of thiazole rings is 1. The van der Waals surface area contributed by atoms with Gasteiger partial charge in [-0.25, -0.2) is 13.4 Å². The van der Waals surface area contributed by atoms with E-state index in [9.17, 15) is 8.42 Å². The van der Waals surface area contributed by atoms with Crippen LogP contribution in [0.4, 0.5) is 5.13 Å². The van der Waals surface area contributed by atoms with Crippen LogP contribution in [0.25, 0.3) is 10.2 Å². The van der Waals surface area contributed by atoms with E-state index in [1.165, 1.54) is 11.3 Å². The Morgan fingerprint density at radius 1 is 1.37 bits per heavy atom. The zero-order chi connectivity index (χ0) is 14.0. The first-order valence-electron chi connectivity index (χ1n) is 6.29. The van der Waals surface area contributed by atoms with Crippen molar-refractivity contribution in [2.75, 3.05) is 17.6 Å². The fourth-order valence-electron chi connectivity index (χ4n) is 1.86. The third-order valence-corrected chi connectivity index (χ3v) is 5.65. The lowest BCUT2D eigenvalue weighted by Gasteiger charge is -2.06. The molecule has 0 aliphatic carbocycles. The molecular weight excluding hydrogens is 280 g/mol. The van der Waals surface area contributed by atoms with Gasteiger partial charge in [0.15, 0.2) is 15.0 Å². The van der Waals surface area contributed by atoms with E-state index in [-0.39, 0.29) is 11.7 Å². The maximum absolute atomic E-state index is 12.2. The molecule has 0 amide bonds. The van der Waals surface area contributed by atoms with Crippen LogP contribution in [0.1, 0.15) is 20.8 Å². The molecule has 0 spiro atoms. The minimum absolute atomic E-state index is 0.125. The molecule has 1 heterocycles. The molecule has 1 N–H and O–H groups in total. The summed E-state index contributed by atoms with van der Waals surface area (Å²) in [5.41, 5.74) is 0.837. The molecule has 0 unspecified atom stereocenters. The number of aromatic nitrogens is 1. The maximum Gasteiger partial charge on any atom is 0.183 e. The third-order valence-electron chi connectivity index (χ3n) is 2.60. The van der Waals surface area contributed by atoms with Crippen LogP contribution in [0.2, 0.25) is 0 Å². The normalized spacial score (nSPS) is 12.2. The van der Waals surface area contributed by atoms with Crippen LogP contribution in [-0.2, 0) is 9.84 Å². The van der Waals surface area contributed by atoms with Crippen molar-refractivity contribution < 1.29 is 8.42 Å². The van der Waals surface area contributed by atoms with Gasteiger partial charge in [-0.15, -0.1) is 0 Å². The van der Waals surface area contributed by atoms with Crippen LogP contribution in [0.5, 0.6) is 0 Å². The predicted molar refractivity (Wildman–Crippen MR) is 80.7 cm³/mol. The highest BCUT2D eigenvalue weighted by Gasteiger charge is 2.17. The van der Waals surface area contributed by atoms with Gasteiger partial charge in [0.2, 0.25) is 0 Å². The van der Waals surface area contributed by atoms with Crippen molar-refractivity contribution in [1.29, 1.82) is 0 Å². The van der Waals surface area contributed by atoms with Crippen molar-refractivity contribution >= 4 is 36.5 Å². The SMILES string of the molecule is CCNc1nc2ccc(S(=O)(=O)CC(C)C)cc2s1. The molecule has 0 saturated heterocycles. The second kappa shape index (κ2) is 5.46. The molecule has 1 aromatic heterocycles. The van der Waals surface area contributed by atoms with Crippen LogP contribution < -0.4 is 5.32 Å². The van der Waals surface area contributed by atoms with E-state index in [0.29, 0.717) is 4.90 Å². The summed E-state index contributed by atoms with van der Waals surface area (Å²) >= 11 is 1.48. The van der Waals surface area contributed by atoms with Crippen molar-refractivity contribution in [3.05, 3.63) is 18.2 Å². The lowest BCUT2D eigenvalue weighted by atomic mass is 10.3. The van der Waals surface area contributed by atoms with Gasteiger partial charge in [0.25, 0.3) is 0 Å². The topological polar surface area (TPSA) is 59.1 Å². The Morgan fingerprint density at radius 2 is 2.11 bits per heavy atom. The van der Waals surface area contributed by atoms with Gasteiger partial charge in [0, 0.05) is 6.54 Å². The Kier molecular flexibility index (Phi) is 4.10. The first kappa shape index (κ1) is 14.3. The quantitative estimate of drug-likeness (QED) is 0.921. The molecule has 2 rings (SSSR count). The molecule has 0 atom stereocenters. The average Bonchev–Trinajstić information content (AvgIpc) is 2.68. The van der Waals surface area contributed by atoms with Gasteiger partial charge >= 0.3 is 0 Å². The Morgan fingerprint density at radius 3 is 2.74 bits per heavy atom. The highest BCUT2D eigenvalue weighted by Crippen LogP contribution is 2.28. The first-order valence-corrected chi connectivity index (χ1v) is 8.76. The number of nitrogens with one attached hydrogen (secondary N) is 1. The number of fused-ring (bicyclic) bond motifs is 1. The number of sulfone groups is 1. The Balaban J connectivity index is 2.41. The Bertz CT molecular complexity index is 675. The second-order valence-corrected chi connectivity index (χ2v) is 7.92. The molecule has 4 nitrogen and oxygen atoms in total. The van der Waals surface area contributed by atoms with Gasteiger partial charge in [-0.05, 0) is 31.0 Å². The summed E-state index contributed by atoms with van der Waals surface area (Å²) in [6, 6.07) is 5.15. The first-order chi connectivity index (χ1) is 8.92. The van der Waals surface area contributed by atoms with Gasteiger partial charge in [-0.3, -0.25) is 0 Å². The molecule has 104 valence electrons. The molecule has 0 aliphatic rings. The van der Waals surface area contributed by atoms with Crippen LogP contribution in [0.3, 0.4) is 0 Å². The highest BCUT2D eigenvalue weighted by molar-refractivity contribution is 7.91. The van der Waals surface area contributed by atoms with Gasteiger partial charge in [0.05, 0.1) is 20.9 Å².